The van der Waals surface area contributed by atoms with Gasteiger partial charge in [-0.2, -0.15) is 8.42 Å². The Hall–Kier alpha value is -1.31. The third-order valence-corrected chi connectivity index (χ3v) is 3.04. The third-order valence-electron chi connectivity index (χ3n) is 2.60. The molecule has 1 aliphatic heterocycles. The standard InChI is InChI=1S/C10H17NO6S/c1-3-16-9(12)8-4-6-11(7-5-8)10(13)17-18(2,14)15/h8H,3-7H2,1-2H3. The molecule has 0 radical (unpaired) electrons. The van der Waals surface area contributed by atoms with E-state index in [1.807, 2.05) is 0 Å². The highest BCUT2D eigenvalue weighted by atomic mass is 32.2. The van der Waals surface area contributed by atoms with Crippen LogP contribution >= 0.6 is 0 Å². The maximum absolute atomic E-state index is 11.5. The van der Waals surface area contributed by atoms with Crippen LogP contribution in [0.15, 0.2) is 0 Å². The van der Waals surface area contributed by atoms with Crippen molar-refractivity contribution in [3.8, 4) is 0 Å². The molecular weight excluding hydrogens is 262 g/mol. The van der Waals surface area contributed by atoms with Crippen molar-refractivity contribution >= 4 is 22.2 Å². The van der Waals surface area contributed by atoms with E-state index in [1.165, 1.54) is 4.90 Å². The molecule has 1 aliphatic rings. The monoisotopic (exact) mass is 279 g/mol. The quantitative estimate of drug-likeness (QED) is 0.547. The molecule has 1 amide bonds. The van der Waals surface area contributed by atoms with Gasteiger partial charge >= 0.3 is 22.2 Å². The Kier molecular flexibility index (Phi) is 4.94. The van der Waals surface area contributed by atoms with Crippen LogP contribution in [-0.2, 0) is 23.8 Å². The molecule has 0 aromatic heterocycles. The van der Waals surface area contributed by atoms with Gasteiger partial charge in [0.05, 0.1) is 18.8 Å². The fraction of sp³-hybridized carbons (Fsp3) is 0.800. The highest BCUT2D eigenvalue weighted by Gasteiger charge is 2.29. The predicted molar refractivity (Wildman–Crippen MR) is 62.3 cm³/mol. The number of carbonyl (C=O) groups excluding carboxylic acids is 2. The van der Waals surface area contributed by atoms with Gasteiger partial charge in [0, 0.05) is 13.1 Å². The molecule has 0 aromatic rings. The van der Waals surface area contributed by atoms with Gasteiger partial charge in [-0.1, -0.05) is 0 Å². The highest BCUT2D eigenvalue weighted by molar-refractivity contribution is 7.86. The molecule has 0 bridgehead atoms. The van der Waals surface area contributed by atoms with E-state index in [0.29, 0.717) is 19.4 Å². The Morgan fingerprint density at radius 1 is 1.28 bits per heavy atom. The summed E-state index contributed by atoms with van der Waals surface area (Å²) in [5.41, 5.74) is 0. The predicted octanol–water partition coefficient (Wildman–Crippen LogP) is 0.358. The van der Waals surface area contributed by atoms with Gasteiger partial charge < -0.3 is 13.8 Å². The first-order chi connectivity index (χ1) is 8.33. The van der Waals surface area contributed by atoms with Gasteiger partial charge in [0.25, 0.3) is 0 Å². The first-order valence-corrected chi connectivity index (χ1v) is 7.50. The highest BCUT2D eigenvalue weighted by Crippen LogP contribution is 2.19. The summed E-state index contributed by atoms with van der Waals surface area (Å²) in [7, 11) is -3.79. The average Bonchev–Trinajstić information content (AvgIpc) is 2.27. The number of hydrogen-bond acceptors (Lipinski definition) is 6. The summed E-state index contributed by atoms with van der Waals surface area (Å²) < 4.78 is 30.7. The molecule has 7 nitrogen and oxygen atoms in total. The summed E-state index contributed by atoms with van der Waals surface area (Å²) in [6, 6.07) is 0. The third kappa shape index (κ3) is 4.52. The van der Waals surface area contributed by atoms with Gasteiger partial charge in [-0.25, -0.2) is 4.79 Å². The smallest absolute Gasteiger partial charge is 0.425 e. The van der Waals surface area contributed by atoms with E-state index in [1.54, 1.807) is 6.92 Å². The lowest BCUT2D eigenvalue weighted by atomic mass is 9.97. The van der Waals surface area contributed by atoms with Gasteiger partial charge in [0.1, 0.15) is 0 Å². The van der Waals surface area contributed by atoms with Gasteiger partial charge in [-0.05, 0) is 19.8 Å². The maximum Gasteiger partial charge on any atom is 0.425 e. The fourth-order valence-electron chi connectivity index (χ4n) is 1.74. The second kappa shape index (κ2) is 6.03. The molecular formula is C10H17NO6S. The summed E-state index contributed by atoms with van der Waals surface area (Å²) >= 11 is 0. The van der Waals surface area contributed by atoms with Crippen LogP contribution in [0.1, 0.15) is 19.8 Å². The number of likely N-dealkylation sites (tertiary alicyclic amines) is 1. The molecule has 0 atom stereocenters. The summed E-state index contributed by atoms with van der Waals surface area (Å²) in [6.45, 7) is 2.64. The van der Waals surface area contributed by atoms with Crippen molar-refractivity contribution in [2.75, 3.05) is 26.0 Å². The van der Waals surface area contributed by atoms with Gasteiger partial charge in [0.15, 0.2) is 0 Å². The van der Waals surface area contributed by atoms with Crippen molar-refractivity contribution in [2.24, 2.45) is 5.92 Å². The van der Waals surface area contributed by atoms with Crippen LogP contribution in [0, 0.1) is 5.92 Å². The molecule has 0 aromatic carbocycles. The maximum atomic E-state index is 11.5. The minimum atomic E-state index is -3.79. The van der Waals surface area contributed by atoms with Gasteiger partial charge in [-0.15, -0.1) is 0 Å². The number of rotatable bonds is 3. The van der Waals surface area contributed by atoms with Crippen LogP contribution in [0.2, 0.25) is 0 Å². The van der Waals surface area contributed by atoms with Crippen molar-refractivity contribution in [2.45, 2.75) is 19.8 Å². The number of nitrogens with zero attached hydrogens (tertiary/aromatic N) is 1. The van der Waals surface area contributed by atoms with Crippen molar-refractivity contribution in [3.63, 3.8) is 0 Å². The lowest BCUT2D eigenvalue weighted by Crippen LogP contribution is -2.41. The summed E-state index contributed by atoms with van der Waals surface area (Å²) in [6.07, 6.45) is 0.839. The summed E-state index contributed by atoms with van der Waals surface area (Å²) in [5, 5.41) is 0. The molecule has 1 heterocycles. The largest absolute Gasteiger partial charge is 0.466 e. The molecule has 0 aliphatic carbocycles. The first kappa shape index (κ1) is 14.7. The van der Waals surface area contributed by atoms with Crippen molar-refractivity contribution < 1.29 is 26.9 Å². The van der Waals surface area contributed by atoms with Gasteiger partial charge in [0.2, 0.25) is 0 Å². The number of amides is 1. The molecule has 8 heteroatoms. The molecule has 1 saturated heterocycles. The second-order valence-corrected chi connectivity index (χ2v) is 5.64. The van der Waals surface area contributed by atoms with Crippen LogP contribution in [0.3, 0.4) is 0 Å². The summed E-state index contributed by atoms with van der Waals surface area (Å²) in [5.74, 6) is -0.499. The van der Waals surface area contributed by atoms with Crippen molar-refractivity contribution in [1.82, 2.24) is 4.90 Å². The second-order valence-electron chi connectivity index (χ2n) is 4.07. The minimum absolute atomic E-state index is 0.229. The minimum Gasteiger partial charge on any atom is -0.466 e. The topological polar surface area (TPSA) is 90.0 Å². The van der Waals surface area contributed by atoms with Crippen molar-refractivity contribution in [3.05, 3.63) is 0 Å². The molecule has 0 N–H and O–H groups in total. The van der Waals surface area contributed by atoms with Crippen LogP contribution in [-0.4, -0.2) is 51.3 Å². The van der Waals surface area contributed by atoms with Crippen LogP contribution in [0.25, 0.3) is 0 Å². The normalized spacial score (nSPS) is 17.3. The Balaban J connectivity index is 2.44. The zero-order chi connectivity index (χ0) is 13.8. The molecule has 104 valence electrons. The lowest BCUT2D eigenvalue weighted by Gasteiger charge is -2.29. The Morgan fingerprint density at radius 3 is 2.28 bits per heavy atom. The molecule has 0 saturated carbocycles. The Bertz CT molecular complexity index is 410. The van der Waals surface area contributed by atoms with Crippen molar-refractivity contribution in [1.29, 1.82) is 0 Å². The average molecular weight is 279 g/mol. The van der Waals surface area contributed by atoms with E-state index in [9.17, 15) is 18.0 Å². The fourth-order valence-corrected chi connectivity index (χ4v) is 2.10. The SMILES string of the molecule is CCOC(=O)C1CCN(C(=O)OS(C)(=O)=O)CC1. The van der Waals surface area contributed by atoms with E-state index in [2.05, 4.69) is 4.18 Å². The van der Waals surface area contributed by atoms with Gasteiger partial charge in [-0.3, -0.25) is 4.79 Å². The number of carbonyl (C=O) groups is 2. The molecule has 18 heavy (non-hydrogen) atoms. The zero-order valence-corrected chi connectivity index (χ0v) is 11.2. The molecule has 0 spiro atoms. The summed E-state index contributed by atoms with van der Waals surface area (Å²) in [4.78, 5) is 24.1. The number of piperidine rings is 1. The Labute approximate surface area is 106 Å². The van der Waals surface area contributed by atoms with E-state index in [4.69, 9.17) is 4.74 Å². The van der Waals surface area contributed by atoms with E-state index < -0.39 is 16.2 Å². The van der Waals surface area contributed by atoms with Crippen LogP contribution in [0.5, 0.6) is 0 Å². The number of hydrogen-bond donors (Lipinski definition) is 0. The zero-order valence-electron chi connectivity index (χ0n) is 10.4. The van der Waals surface area contributed by atoms with E-state index in [-0.39, 0.29) is 25.0 Å². The van der Waals surface area contributed by atoms with E-state index in [0.717, 1.165) is 6.26 Å². The first-order valence-electron chi connectivity index (χ1n) is 5.68. The molecule has 1 fully saturated rings. The number of esters is 1. The number of ether oxygens (including phenoxy) is 1. The van der Waals surface area contributed by atoms with E-state index >= 15 is 0 Å². The van der Waals surface area contributed by atoms with Crippen LogP contribution in [0.4, 0.5) is 4.79 Å². The molecule has 1 rings (SSSR count). The van der Waals surface area contributed by atoms with Crippen LogP contribution < -0.4 is 0 Å². The lowest BCUT2D eigenvalue weighted by molar-refractivity contribution is -0.149. The Morgan fingerprint density at radius 2 is 1.83 bits per heavy atom. The molecule has 0 unspecified atom stereocenters.